The third-order valence-electron chi connectivity index (χ3n) is 3.41. The highest BCUT2D eigenvalue weighted by Crippen LogP contribution is 2.36. The molecule has 0 aliphatic carbocycles. The summed E-state index contributed by atoms with van der Waals surface area (Å²) >= 11 is 3.53. The first-order chi connectivity index (χ1) is 8.19. The number of anilines is 2. The lowest BCUT2D eigenvalue weighted by Gasteiger charge is -2.30. The minimum atomic E-state index is 0.511. The molecule has 0 aromatic carbocycles. The summed E-state index contributed by atoms with van der Waals surface area (Å²) in [5.41, 5.74) is 2.58. The summed E-state index contributed by atoms with van der Waals surface area (Å²) in [6.07, 6.45) is 5.11. The zero-order valence-corrected chi connectivity index (χ0v) is 11.7. The lowest BCUT2D eigenvalue weighted by Crippen LogP contribution is -2.35. The van der Waals surface area contributed by atoms with E-state index < -0.39 is 0 Å². The highest BCUT2D eigenvalue weighted by Gasteiger charge is 2.32. The molecule has 2 unspecified atom stereocenters. The van der Waals surface area contributed by atoms with Gasteiger partial charge in [-0.15, -0.1) is 0 Å². The van der Waals surface area contributed by atoms with E-state index in [4.69, 9.17) is 5.84 Å². The van der Waals surface area contributed by atoms with Crippen molar-refractivity contribution < 1.29 is 0 Å². The Labute approximate surface area is 110 Å². The number of nitrogen functional groups attached to an aromatic ring is 1. The van der Waals surface area contributed by atoms with Crippen LogP contribution < -0.4 is 16.2 Å². The van der Waals surface area contributed by atoms with Gasteiger partial charge in [0.25, 0.3) is 0 Å². The second-order valence-electron chi connectivity index (χ2n) is 4.40. The molecule has 0 bridgehead atoms. The fourth-order valence-corrected chi connectivity index (χ4v) is 3.02. The van der Waals surface area contributed by atoms with Crippen molar-refractivity contribution in [3.05, 3.63) is 10.8 Å². The molecule has 3 N–H and O–H groups in total. The molecule has 1 aliphatic rings. The van der Waals surface area contributed by atoms with Crippen molar-refractivity contribution in [3.63, 3.8) is 0 Å². The largest absolute Gasteiger partial charge is 0.350 e. The van der Waals surface area contributed by atoms with Gasteiger partial charge in [0.2, 0.25) is 0 Å². The SMILES string of the molecule is CCC1CCC(C)N1c1ncnc(NN)c1Br. The van der Waals surface area contributed by atoms with Gasteiger partial charge in [-0.05, 0) is 42.1 Å². The van der Waals surface area contributed by atoms with Gasteiger partial charge in [0.05, 0.1) is 0 Å². The van der Waals surface area contributed by atoms with Crippen molar-refractivity contribution in [2.75, 3.05) is 10.3 Å². The number of hydrogen-bond acceptors (Lipinski definition) is 5. The molecule has 0 radical (unpaired) electrons. The Bertz CT molecular complexity index is 397. The van der Waals surface area contributed by atoms with Crippen LogP contribution in [-0.4, -0.2) is 22.1 Å². The Hall–Kier alpha value is -0.880. The third-order valence-corrected chi connectivity index (χ3v) is 4.14. The highest BCUT2D eigenvalue weighted by molar-refractivity contribution is 9.10. The summed E-state index contributed by atoms with van der Waals surface area (Å²) in [6.45, 7) is 4.45. The predicted molar refractivity (Wildman–Crippen MR) is 72.8 cm³/mol. The van der Waals surface area contributed by atoms with E-state index in [-0.39, 0.29) is 0 Å². The highest BCUT2D eigenvalue weighted by atomic mass is 79.9. The average molecular weight is 300 g/mol. The van der Waals surface area contributed by atoms with Crippen LogP contribution >= 0.6 is 15.9 Å². The van der Waals surface area contributed by atoms with E-state index in [1.54, 1.807) is 6.33 Å². The van der Waals surface area contributed by atoms with E-state index in [1.807, 2.05) is 0 Å². The number of nitrogens with two attached hydrogens (primary N) is 1. The monoisotopic (exact) mass is 299 g/mol. The molecule has 5 nitrogen and oxygen atoms in total. The quantitative estimate of drug-likeness (QED) is 0.662. The van der Waals surface area contributed by atoms with Crippen LogP contribution in [0, 0.1) is 0 Å². The van der Waals surface area contributed by atoms with Crippen LogP contribution in [0.15, 0.2) is 10.8 Å². The number of hydrogen-bond donors (Lipinski definition) is 2. The fraction of sp³-hybridized carbons (Fsp3) is 0.636. The summed E-state index contributed by atoms with van der Waals surface area (Å²) < 4.78 is 0.842. The van der Waals surface area contributed by atoms with Crippen molar-refractivity contribution in [2.24, 2.45) is 5.84 Å². The van der Waals surface area contributed by atoms with Crippen LogP contribution in [0.4, 0.5) is 11.6 Å². The smallest absolute Gasteiger partial charge is 0.159 e. The van der Waals surface area contributed by atoms with Crippen LogP contribution in [-0.2, 0) is 0 Å². The van der Waals surface area contributed by atoms with Crippen molar-refractivity contribution >= 4 is 27.6 Å². The Morgan fingerprint density at radius 3 is 2.94 bits per heavy atom. The van der Waals surface area contributed by atoms with E-state index >= 15 is 0 Å². The molecule has 1 fully saturated rings. The molecule has 6 heteroatoms. The minimum absolute atomic E-state index is 0.511. The Morgan fingerprint density at radius 1 is 1.53 bits per heavy atom. The zero-order chi connectivity index (χ0) is 12.4. The van der Waals surface area contributed by atoms with Gasteiger partial charge < -0.3 is 10.3 Å². The number of hydrazine groups is 1. The first kappa shape index (κ1) is 12.6. The normalized spacial score (nSPS) is 24.1. The maximum absolute atomic E-state index is 5.43. The lowest BCUT2D eigenvalue weighted by molar-refractivity contribution is 0.619. The molecule has 1 aromatic rings. The molecule has 2 heterocycles. The Morgan fingerprint density at radius 2 is 2.29 bits per heavy atom. The summed E-state index contributed by atoms with van der Waals surface area (Å²) in [7, 11) is 0. The number of nitrogens with one attached hydrogen (secondary N) is 1. The molecule has 0 spiro atoms. The van der Waals surface area contributed by atoms with E-state index in [0.29, 0.717) is 17.9 Å². The van der Waals surface area contributed by atoms with Crippen molar-refractivity contribution in [1.29, 1.82) is 0 Å². The molecule has 1 saturated heterocycles. The molecular weight excluding hydrogens is 282 g/mol. The molecule has 0 saturated carbocycles. The fourth-order valence-electron chi connectivity index (χ4n) is 2.50. The second kappa shape index (κ2) is 5.18. The summed E-state index contributed by atoms with van der Waals surface area (Å²) in [5, 5.41) is 0. The van der Waals surface area contributed by atoms with Crippen LogP contribution in [0.3, 0.4) is 0 Å². The first-order valence-corrected chi connectivity index (χ1v) is 6.73. The zero-order valence-electron chi connectivity index (χ0n) is 10.2. The summed E-state index contributed by atoms with van der Waals surface area (Å²) in [5.74, 6) is 6.99. The lowest BCUT2D eigenvalue weighted by atomic mass is 10.1. The molecule has 1 aromatic heterocycles. The van der Waals surface area contributed by atoms with E-state index in [9.17, 15) is 0 Å². The van der Waals surface area contributed by atoms with Gasteiger partial charge in [-0.25, -0.2) is 15.8 Å². The van der Waals surface area contributed by atoms with Gasteiger partial charge in [-0.3, -0.25) is 0 Å². The predicted octanol–water partition coefficient (Wildman–Crippen LogP) is 2.29. The van der Waals surface area contributed by atoms with Gasteiger partial charge in [-0.2, -0.15) is 0 Å². The molecule has 17 heavy (non-hydrogen) atoms. The van der Waals surface area contributed by atoms with Crippen LogP contribution in [0.5, 0.6) is 0 Å². The van der Waals surface area contributed by atoms with Gasteiger partial charge >= 0.3 is 0 Å². The topological polar surface area (TPSA) is 67.1 Å². The van der Waals surface area contributed by atoms with E-state index in [2.05, 4.69) is 50.1 Å². The standard InChI is InChI=1S/C11H18BrN5/c1-3-8-5-4-7(2)17(8)11-9(12)10(16-13)14-6-15-11/h6-8H,3-5,13H2,1-2H3,(H,14,15,16). The molecular formula is C11H18BrN5. The number of nitrogens with zero attached hydrogens (tertiary/aromatic N) is 3. The van der Waals surface area contributed by atoms with Gasteiger partial charge in [0, 0.05) is 12.1 Å². The Balaban J connectivity index is 2.38. The van der Waals surface area contributed by atoms with Gasteiger partial charge in [0.15, 0.2) is 5.82 Å². The van der Waals surface area contributed by atoms with Crippen LogP contribution in [0.2, 0.25) is 0 Å². The van der Waals surface area contributed by atoms with Crippen molar-refractivity contribution in [3.8, 4) is 0 Å². The van der Waals surface area contributed by atoms with Crippen molar-refractivity contribution in [2.45, 2.75) is 45.2 Å². The molecule has 0 amide bonds. The summed E-state index contributed by atoms with van der Waals surface area (Å²) in [4.78, 5) is 10.8. The Kier molecular flexibility index (Phi) is 3.83. The summed E-state index contributed by atoms with van der Waals surface area (Å²) in [6, 6.07) is 1.07. The van der Waals surface area contributed by atoms with Crippen LogP contribution in [0.1, 0.15) is 33.1 Å². The number of halogens is 1. The van der Waals surface area contributed by atoms with Gasteiger partial charge in [0.1, 0.15) is 16.6 Å². The van der Waals surface area contributed by atoms with Crippen LogP contribution in [0.25, 0.3) is 0 Å². The molecule has 2 rings (SSSR count). The molecule has 2 atom stereocenters. The van der Waals surface area contributed by atoms with Gasteiger partial charge in [-0.1, -0.05) is 6.92 Å². The first-order valence-electron chi connectivity index (χ1n) is 5.94. The van der Waals surface area contributed by atoms with E-state index in [1.165, 1.54) is 12.8 Å². The number of aromatic nitrogens is 2. The second-order valence-corrected chi connectivity index (χ2v) is 5.19. The van der Waals surface area contributed by atoms with E-state index in [0.717, 1.165) is 16.7 Å². The maximum atomic E-state index is 5.43. The molecule has 94 valence electrons. The number of rotatable bonds is 3. The third kappa shape index (κ3) is 2.24. The maximum Gasteiger partial charge on any atom is 0.159 e. The molecule has 1 aliphatic heterocycles. The van der Waals surface area contributed by atoms with Crippen molar-refractivity contribution in [1.82, 2.24) is 9.97 Å². The minimum Gasteiger partial charge on any atom is -0.350 e. The average Bonchev–Trinajstić information content (AvgIpc) is 2.71.